The molecule has 0 fully saturated rings. The van der Waals surface area contributed by atoms with Gasteiger partial charge in [-0.15, -0.1) is 10.2 Å². The highest BCUT2D eigenvalue weighted by molar-refractivity contribution is 7.99. The fourth-order valence-electron chi connectivity index (χ4n) is 2.15. The molecule has 0 spiro atoms. The highest BCUT2D eigenvalue weighted by Crippen LogP contribution is 2.36. The monoisotopic (exact) mass is 406 g/mol. The normalized spacial score (nSPS) is 10.5. The minimum absolute atomic E-state index is 0.0709. The van der Waals surface area contributed by atoms with Crippen LogP contribution >= 0.6 is 23.4 Å². The molecule has 0 saturated heterocycles. The number of thioether (sulfide) groups is 1. The Kier molecular flexibility index (Phi) is 6.15. The first-order chi connectivity index (χ1) is 13.1. The molecule has 1 amide bonds. The van der Waals surface area contributed by atoms with E-state index in [0.717, 1.165) is 11.8 Å². The molecule has 1 aromatic carbocycles. The Balaban J connectivity index is 1.62. The lowest BCUT2D eigenvalue weighted by atomic mass is 10.2. The van der Waals surface area contributed by atoms with Gasteiger partial charge >= 0.3 is 0 Å². The van der Waals surface area contributed by atoms with Gasteiger partial charge < -0.3 is 19.2 Å². The molecule has 140 valence electrons. The van der Waals surface area contributed by atoms with Crippen LogP contribution in [0, 0.1) is 0 Å². The third-order valence-electron chi connectivity index (χ3n) is 3.39. The number of carbonyl (C=O) groups excluding carboxylic acids is 1. The smallest absolute Gasteiger partial charge is 0.277 e. The minimum Gasteiger partial charge on any atom is -0.495 e. The van der Waals surface area contributed by atoms with Gasteiger partial charge in [0.2, 0.25) is 11.8 Å². The molecule has 3 aromatic rings. The van der Waals surface area contributed by atoms with E-state index in [1.165, 1.54) is 14.2 Å². The Morgan fingerprint density at radius 2 is 2.07 bits per heavy atom. The Labute approximate surface area is 164 Å². The molecule has 27 heavy (non-hydrogen) atoms. The zero-order valence-electron chi connectivity index (χ0n) is 14.4. The lowest BCUT2D eigenvalue weighted by molar-refractivity contribution is -0.113. The van der Waals surface area contributed by atoms with Gasteiger partial charge in [0.15, 0.2) is 0 Å². The fourth-order valence-corrected chi connectivity index (χ4v) is 2.95. The predicted molar refractivity (Wildman–Crippen MR) is 101 cm³/mol. The van der Waals surface area contributed by atoms with Gasteiger partial charge in [-0.25, -0.2) is 0 Å². The van der Waals surface area contributed by atoms with E-state index in [9.17, 15) is 4.79 Å². The van der Waals surface area contributed by atoms with Crippen LogP contribution in [0.2, 0.25) is 5.02 Å². The van der Waals surface area contributed by atoms with Gasteiger partial charge in [0, 0.05) is 18.5 Å². The SMILES string of the molecule is COc1cc(OC)c(NC(=O)CSc2nnc(-c3cccnc3)o2)cc1Cl. The number of methoxy groups -OCH3 is 2. The standard InChI is InChI=1S/C17H15ClN4O4S/c1-24-13-7-14(25-2)12(6-11(13)18)20-15(23)9-27-17-22-21-16(26-17)10-4-3-5-19-8-10/h3-8H,9H2,1-2H3,(H,20,23). The van der Waals surface area contributed by atoms with Crippen molar-refractivity contribution in [3.63, 3.8) is 0 Å². The maximum atomic E-state index is 12.2. The number of benzene rings is 1. The van der Waals surface area contributed by atoms with Crippen molar-refractivity contribution in [2.75, 3.05) is 25.3 Å². The van der Waals surface area contributed by atoms with Crippen LogP contribution in [-0.4, -0.2) is 41.1 Å². The van der Waals surface area contributed by atoms with E-state index >= 15 is 0 Å². The first-order valence-corrected chi connectivity index (χ1v) is 9.05. The number of hydrogen-bond donors (Lipinski definition) is 1. The van der Waals surface area contributed by atoms with Crippen molar-refractivity contribution in [2.45, 2.75) is 5.22 Å². The van der Waals surface area contributed by atoms with E-state index < -0.39 is 0 Å². The molecule has 0 atom stereocenters. The third-order valence-corrected chi connectivity index (χ3v) is 4.50. The number of aromatic nitrogens is 3. The summed E-state index contributed by atoms with van der Waals surface area (Å²) in [6, 6.07) is 6.74. The maximum Gasteiger partial charge on any atom is 0.277 e. The molecule has 2 heterocycles. The first-order valence-electron chi connectivity index (χ1n) is 7.68. The van der Waals surface area contributed by atoms with Crippen LogP contribution in [0.1, 0.15) is 0 Å². The number of hydrogen-bond acceptors (Lipinski definition) is 8. The van der Waals surface area contributed by atoms with Crippen molar-refractivity contribution in [2.24, 2.45) is 0 Å². The quantitative estimate of drug-likeness (QED) is 0.595. The molecule has 0 bridgehead atoms. The number of amides is 1. The minimum atomic E-state index is -0.277. The van der Waals surface area contributed by atoms with E-state index in [2.05, 4.69) is 20.5 Å². The number of carbonyl (C=O) groups is 1. The molecular weight excluding hydrogens is 392 g/mol. The third kappa shape index (κ3) is 4.69. The predicted octanol–water partition coefficient (Wildman–Crippen LogP) is 3.53. The van der Waals surface area contributed by atoms with Crippen LogP contribution in [-0.2, 0) is 4.79 Å². The van der Waals surface area contributed by atoms with Crippen LogP contribution in [0.15, 0.2) is 46.3 Å². The number of halogens is 1. The van der Waals surface area contributed by atoms with E-state index in [1.54, 1.807) is 36.7 Å². The number of nitrogens with one attached hydrogen (secondary N) is 1. The van der Waals surface area contributed by atoms with Crippen molar-refractivity contribution in [3.05, 3.63) is 41.7 Å². The molecule has 1 N–H and O–H groups in total. The lowest BCUT2D eigenvalue weighted by Gasteiger charge is -2.12. The fraction of sp³-hybridized carbons (Fsp3) is 0.176. The van der Waals surface area contributed by atoms with Gasteiger partial charge in [-0.2, -0.15) is 0 Å². The summed E-state index contributed by atoms with van der Waals surface area (Å²) in [4.78, 5) is 16.2. The average molecular weight is 407 g/mol. The summed E-state index contributed by atoms with van der Waals surface area (Å²) in [5, 5.41) is 11.2. The number of rotatable bonds is 7. The highest BCUT2D eigenvalue weighted by atomic mass is 35.5. The van der Waals surface area contributed by atoms with Crippen molar-refractivity contribution in [1.82, 2.24) is 15.2 Å². The van der Waals surface area contributed by atoms with Gasteiger partial charge in [-0.1, -0.05) is 23.4 Å². The molecule has 0 radical (unpaired) electrons. The van der Waals surface area contributed by atoms with Gasteiger partial charge in [0.1, 0.15) is 11.5 Å². The van der Waals surface area contributed by atoms with Gasteiger partial charge in [0.05, 0.1) is 36.2 Å². The molecule has 10 heteroatoms. The van der Waals surface area contributed by atoms with E-state index in [4.69, 9.17) is 25.5 Å². The number of ether oxygens (including phenoxy) is 2. The molecule has 2 aromatic heterocycles. The summed E-state index contributed by atoms with van der Waals surface area (Å²) in [7, 11) is 2.99. The van der Waals surface area contributed by atoms with Crippen molar-refractivity contribution < 1.29 is 18.7 Å². The summed E-state index contributed by atoms with van der Waals surface area (Å²) >= 11 is 7.22. The van der Waals surface area contributed by atoms with Crippen molar-refractivity contribution >= 4 is 35.0 Å². The second-order valence-corrected chi connectivity index (χ2v) is 6.47. The van der Waals surface area contributed by atoms with E-state index in [0.29, 0.717) is 33.7 Å². The Bertz CT molecular complexity index is 936. The maximum absolute atomic E-state index is 12.2. The number of anilines is 1. The zero-order chi connectivity index (χ0) is 19.2. The van der Waals surface area contributed by atoms with Crippen LogP contribution in [0.25, 0.3) is 11.5 Å². The van der Waals surface area contributed by atoms with Crippen LogP contribution in [0.3, 0.4) is 0 Å². The van der Waals surface area contributed by atoms with Crippen molar-refractivity contribution in [3.8, 4) is 23.0 Å². The molecule has 8 nitrogen and oxygen atoms in total. The highest BCUT2D eigenvalue weighted by Gasteiger charge is 2.15. The first kappa shape index (κ1) is 19.0. The Morgan fingerprint density at radius 1 is 1.26 bits per heavy atom. The lowest BCUT2D eigenvalue weighted by Crippen LogP contribution is -2.14. The van der Waals surface area contributed by atoms with Gasteiger partial charge in [-0.05, 0) is 18.2 Å². The van der Waals surface area contributed by atoms with E-state index in [-0.39, 0.29) is 16.9 Å². The summed E-state index contributed by atoms with van der Waals surface area (Å²) in [5.41, 5.74) is 1.15. The largest absolute Gasteiger partial charge is 0.495 e. The molecule has 0 aliphatic carbocycles. The van der Waals surface area contributed by atoms with Crippen LogP contribution in [0.5, 0.6) is 11.5 Å². The second kappa shape index (κ2) is 8.74. The molecule has 3 rings (SSSR count). The van der Waals surface area contributed by atoms with Crippen LogP contribution in [0.4, 0.5) is 5.69 Å². The van der Waals surface area contributed by atoms with Crippen molar-refractivity contribution in [1.29, 1.82) is 0 Å². The summed E-state index contributed by atoms with van der Waals surface area (Å²) < 4.78 is 15.9. The Hall–Kier alpha value is -2.78. The number of pyridine rings is 1. The average Bonchev–Trinajstić information content (AvgIpc) is 3.16. The topological polar surface area (TPSA) is 99.4 Å². The van der Waals surface area contributed by atoms with Gasteiger partial charge in [-0.3, -0.25) is 9.78 Å². The molecule has 0 aliphatic heterocycles. The summed E-state index contributed by atoms with van der Waals surface area (Å²) in [5.74, 6) is 1.03. The molecule has 0 saturated carbocycles. The zero-order valence-corrected chi connectivity index (χ0v) is 16.0. The van der Waals surface area contributed by atoms with Crippen LogP contribution < -0.4 is 14.8 Å². The molecular formula is C17H15ClN4O4S. The summed E-state index contributed by atoms with van der Waals surface area (Å²) in [6.07, 6.45) is 3.27. The molecule has 0 aliphatic rings. The van der Waals surface area contributed by atoms with Gasteiger partial charge in [0.25, 0.3) is 5.22 Å². The summed E-state index contributed by atoms with van der Waals surface area (Å²) in [6.45, 7) is 0. The van der Waals surface area contributed by atoms with E-state index in [1.807, 2.05) is 0 Å². The number of nitrogens with zero attached hydrogens (tertiary/aromatic N) is 3. The Morgan fingerprint density at radius 3 is 2.78 bits per heavy atom. The second-order valence-electron chi connectivity index (χ2n) is 5.14. The molecule has 0 unspecified atom stereocenters.